The average Bonchev–Trinajstić information content (AvgIpc) is 3.23. The fraction of sp³-hybridized carbons (Fsp3) is 0.500. The number of nitrogens with zero attached hydrogens (tertiary/aromatic N) is 5. The van der Waals surface area contributed by atoms with Gasteiger partial charge in [0, 0.05) is 13.1 Å². The van der Waals surface area contributed by atoms with Gasteiger partial charge in [-0.25, -0.2) is 0 Å². The second-order valence-corrected chi connectivity index (χ2v) is 5.21. The number of carbonyl (C=O) groups excluding carboxylic acids is 1. The van der Waals surface area contributed by atoms with E-state index in [0.717, 1.165) is 25.9 Å². The van der Waals surface area contributed by atoms with E-state index in [1.807, 2.05) is 0 Å². The van der Waals surface area contributed by atoms with Crippen molar-refractivity contribution >= 4 is 11.9 Å². The zero-order chi connectivity index (χ0) is 16.2. The molecular formula is C14H18N6O3. The molecule has 1 aliphatic rings. The molecular weight excluding hydrogens is 300 g/mol. The highest BCUT2D eigenvalue weighted by Crippen LogP contribution is 2.17. The van der Waals surface area contributed by atoms with E-state index in [0.29, 0.717) is 23.1 Å². The molecule has 122 valence electrons. The van der Waals surface area contributed by atoms with Gasteiger partial charge >= 0.3 is 6.01 Å². The first-order chi connectivity index (χ1) is 11.2. The number of aromatic nitrogens is 4. The van der Waals surface area contributed by atoms with E-state index in [9.17, 15) is 4.79 Å². The largest absolute Gasteiger partial charge is 0.467 e. The third kappa shape index (κ3) is 3.38. The standard InChI is InChI=1S/C14H18N6O3/c1-9-10(7-16-23-9)12(21)15-8-11-17-13(19-14(18-11)22-2)20-5-3-4-6-20/h7H,3-6,8H2,1-2H3,(H,15,21). The van der Waals surface area contributed by atoms with E-state index in [1.54, 1.807) is 6.92 Å². The van der Waals surface area contributed by atoms with Crippen molar-refractivity contribution in [2.45, 2.75) is 26.3 Å². The van der Waals surface area contributed by atoms with Crippen LogP contribution in [0.1, 0.15) is 34.8 Å². The van der Waals surface area contributed by atoms with Crippen molar-refractivity contribution in [3.05, 3.63) is 23.3 Å². The molecule has 0 bridgehead atoms. The molecule has 9 nitrogen and oxygen atoms in total. The van der Waals surface area contributed by atoms with Gasteiger partial charge in [-0.1, -0.05) is 5.16 Å². The van der Waals surface area contributed by atoms with Gasteiger partial charge in [0.15, 0.2) is 5.82 Å². The lowest BCUT2D eigenvalue weighted by Gasteiger charge is -2.16. The molecule has 9 heteroatoms. The first-order valence-corrected chi connectivity index (χ1v) is 7.40. The maximum Gasteiger partial charge on any atom is 0.321 e. The topological polar surface area (TPSA) is 106 Å². The molecule has 3 rings (SSSR count). The van der Waals surface area contributed by atoms with Gasteiger partial charge in [-0.15, -0.1) is 0 Å². The molecule has 0 saturated carbocycles. The zero-order valence-electron chi connectivity index (χ0n) is 13.1. The van der Waals surface area contributed by atoms with Crippen LogP contribution in [0.5, 0.6) is 6.01 Å². The Kier molecular flexibility index (Phi) is 4.35. The van der Waals surface area contributed by atoms with E-state index in [4.69, 9.17) is 9.26 Å². The third-order valence-corrected chi connectivity index (χ3v) is 3.62. The highest BCUT2D eigenvalue weighted by atomic mass is 16.5. The highest BCUT2D eigenvalue weighted by molar-refractivity contribution is 5.94. The number of hydrogen-bond donors (Lipinski definition) is 1. The molecule has 0 aromatic carbocycles. The number of carbonyl (C=O) groups is 1. The van der Waals surface area contributed by atoms with Crippen LogP contribution in [0.25, 0.3) is 0 Å². The van der Waals surface area contributed by atoms with E-state index in [-0.39, 0.29) is 18.5 Å². The van der Waals surface area contributed by atoms with Gasteiger partial charge in [-0.05, 0) is 19.8 Å². The van der Waals surface area contributed by atoms with Gasteiger partial charge in [0.1, 0.15) is 11.3 Å². The van der Waals surface area contributed by atoms with Crippen LogP contribution in [0.15, 0.2) is 10.7 Å². The lowest BCUT2D eigenvalue weighted by Crippen LogP contribution is -2.26. The fourth-order valence-corrected chi connectivity index (χ4v) is 2.39. The van der Waals surface area contributed by atoms with Gasteiger partial charge in [0.25, 0.3) is 5.91 Å². The number of methoxy groups -OCH3 is 1. The first kappa shape index (κ1) is 15.2. The van der Waals surface area contributed by atoms with E-state index >= 15 is 0 Å². The number of amides is 1. The molecule has 1 amide bonds. The van der Waals surface area contributed by atoms with E-state index in [2.05, 4.69) is 30.3 Å². The summed E-state index contributed by atoms with van der Waals surface area (Å²) >= 11 is 0. The monoisotopic (exact) mass is 318 g/mol. The summed E-state index contributed by atoms with van der Waals surface area (Å²) < 4.78 is 10.0. The molecule has 2 aromatic heterocycles. The fourth-order valence-electron chi connectivity index (χ4n) is 2.39. The van der Waals surface area contributed by atoms with Crippen LogP contribution in [0, 0.1) is 6.92 Å². The second kappa shape index (κ2) is 6.59. The number of anilines is 1. The molecule has 0 aliphatic carbocycles. The number of aryl methyl sites for hydroxylation is 1. The Morgan fingerprint density at radius 2 is 2.13 bits per heavy atom. The van der Waals surface area contributed by atoms with Gasteiger partial charge in [-0.2, -0.15) is 15.0 Å². The Bertz CT molecular complexity index is 696. The average molecular weight is 318 g/mol. The Morgan fingerprint density at radius 1 is 1.35 bits per heavy atom. The van der Waals surface area contributed by atoms with Crippen molar-refractivity contribution in [1.82, 2.24) is 25.4 Å². The summed E-state index contributed by atoms with van der Waals surface area (Å²) in [7, 11) is 1.51. The van der Waals surface area contributed by atoms with E-state index in [1.165, 1.54) is 13.3 Å². The molecule has 1 aliphatic heterocycles. The lowest BCUT2D eigenvalue weighted by atomic mass is 10.2. The molecule has 0 unspecified atom stereocenters. The van der Waals surface area contributed by atoms with Crippen LogP contribution in [0.2, 0.25) is 0 Å². The molecule has 1 fully saturated rings. The minimum atomic E-state index is -0.286. The molecule has 0 atom stereocenters. The summed E-state index contributed by atoms with van der Waals surface area (Å²) in [6.07, 6.45) is 3.62. The maximum absolute atomic E-state index is 12.1. The van der Waals surface area contributed by atoms with Crippen molar-refractivity contribution in [2.75, 3.05) is 25.1 Å². The summed E-state index contributed by atoms with van der Waals surface area (Å²) in [6, 6.07) is 0.243. The lowest BCUT2D eigenvalue weighted by molar-refractivity contribution is 0.0948. The predicted octanol–water partition coefficient (Wildman–Crippen LogP) is 0.707. The number of nitrogens with one attached hydrogen (secondary N) is 1. The summed E-state index contributed by atoms with van der Waals surface area (Å²) in [5.41, 5.74) is 0.394. The van der Waals surface area contributed by atoms with Crippen LogP contribution in [-0.4, -0.2) is 46.2 Å². The van der Waals surface area contributed by atoms with Crippen molar-refractivity contribution in [3.63, 3.8) is 0 Å². The number of rotatable bonds is 5. The van der Waals surface area contributed by atoms with Crippen LogP contribution in [-0.2, 0) is 6.54 Å². The second-order valence-electron chi connectivity index (χ2n) is 5.21. The van der Waals surface area contributed by atoms with Gasteiger partial charge < -0.3 is 19.5 Å². The van der Waals surface area contributed by atoms with Crippen molar-refractivity contribution in [2.24, 2.45) is 0 Å². The van der Waals surface area contributed by atoms with Gasteiger partial charge in [0.2, 0.25) is 5.95 Å². The van der Waals surface area contributed by atoms with Crippen LogP contribution in [0.3, 0.4) is 0 Å². The molecule has 1 N–H and O–H groups in total. The number of hydrogen-bond acceptors (Lipinski definition) is 8. The molecule has 23 heavy (non-hydrogen) atoms. The third-order valence-electron chi connectivity index (χ3n) is 3.62. The summed E-state index contributed by atoms with van der Waals surface area (Å²) in [6.45, 7) is 3.68. The minimum absolute atomic E-state index is 0.170. The number of ether oxygens (including phenoxy) is 1. The Labute approximate surface area is 133 Å². The molecule has 1 saturated heterocycles. The maximum atomic E-state index is 12.1. The van der Waals surface area contributed by atoms with Gasteiger partial charge in [-0.3, -0.25) is 4.79 Å². The van der Waals surface area contributed by atoms with Crippen LogP contribution >= 0.6 is 0 Å². The smallest absolute Gasteiger partial charge is 0.321 e. The van der Waals surface area contributed by atoms with Crippen molar-refractivity contribution < 1.29 is 14.1 Å². The molecule has 0 spiro atoms. The minimum Gasteiger partial charge on any atom is -0.467 e. The van der Waals surface area contributed by atoms with E-state index < -0.39 is 0 Å². The Morgan fingerprint density at radius 3 is 2.78 bits per heavy atom. The predicted molar refractivity (Wildman–Crippen MR) is 80.2 cm³/mol. The van der Waals surface area contributed by atoms with Crippen LogP contribution < -0.4 is 15.0 Å². The molecule has 0 radical (unpaired) electrons. The Hall–Kier alpha value is -2.71. The normalized spacial score (nSPS) is 14.1. The zero-order valence-corrected chi connectivity index (χ0v) is 13.1. The molecule has 2 aromatic rings. The summed E-state index contributed by atoms with van der Waals surface area (Å²) in [5.74, 6) is 1.21. The SMILES string of the molecule is COc1nc(CNC(=O)c2cnoc2C)nc(N2CCCC2)n1. The summed E-state index contributed by atoms with van der Waals surface area (Å²) in [5, 5.41) is 6.33. The Balaban J connectivity index is 1.73. The quantitative estimate of drug-likeness (QED) is 0.859. The molecule has 3 heterocycles. The van der Waals surface area contributed by atoms with Crippen molar-refractivity contribution in [3.8, 4) is 6.01 Å². The van der Waals surface area contributed by atoms with Gasteiger partial charge in [0.05, 0.1) is 19.9 Å². The summed E-state index contributed by atoms with van der Waals surface area (Å²) in [4.78, 5) is 27.0. The van der Waals surface area contributed by atoms with Crippen molar-refractivity contribution in [1.29, 1.82) is 0 Å². The van der Waals surface area contributed by atoms with Crippen LogP contribution in [0.4, 0.5) is 5.95 Å². The first-order valence-electron chi connectivity index (χ1n) is 7.40. The highest BCUT2D eigenvalue weighted by Gasteiger charge is 2.18.